The van der Waals surface area contributed by atoms with E-state index in [-0.39, 0.29) is 5.78 Å². The fraction of sp³-hybridized carbons (Fsp3) is 0.176. The minimum Gasteiger partial charge on any atom is -0.469 e. The number of aryl methyl sites for hydroxylation is 1. The molecule has 3 rings (SSSR count). The lowest BCUT2D eigenvalue weighted by atomic mass is 10.1. The third-order valence-electron chi connectivity index (χ3n) is 3.59. The van der Waals surface area contributed by atoms with Gasteiger partial charge in [0.15, 0.2) is 6.10 Å². The van der Waals surface area contributed by atoms with E-state index in [0.717, 1.165) is 10.9 Å². The van der Waals surface area contributed by atoms with Crippen LogP contribution >= 0.6 is 0 Å². The third kappa shape index (κ3) is 2.41. The number of hydrogen-bond acceptors (Lipinski definition) is 4. The highest BCUT2D eigenvalue weighted by atomic mass is 16.5. The Balaban J connectivity index is 1.80. The number of furan rings is 1. The quantitative estimate of drug-likeness (QED) is 0.591. The van der Waals surface area contributed by atoms with Crippen LogP contribution in [0.5, 0.6) is 0 Å². The molecule has 0 spiro atoms. The molecule has 0 aliphatic rings. The van der Waals surface area contributed by atoms with Gasteiger partial charge in [0.2, 0.25) is 5.78 Å². The van der Waals surface area contributed by atoms with Crippen LogP contribution in [0.15, 0.2) is 47.2 Å². The van der Waals surface area contributed by atoms with Gasteiger partial charge in [-0.3, -0.25) is 4.79 Å². The van der Waals surface area contributed by atoms with Crippen molar-refractivity contribution >= 4 is 22.7 Å². The molecule has 0 saturated heterocycles. The molecule has 0 bridgehead atoms. The molecule has 0 amide bonds. The number of aromatic amines is 1. The molecule has 2 aromatic heterocycles. The molecule has 1 N–H and O–H groups in total. The number of carbonyl (C=O) groups is 2. The predicted molar refractivity (Wildman–Crippen MR) is 81.0 cm³/mol. The average molecular weight is 297 g/mol. The number of esters is 1. The number of nitrogens with one attached hydrogen (secondary N) is 1. The SMILES string of the molecule is Cc1occc1C(=O)O[C@H](C)C(=O)c1c[nH]c2ccccc12. The number of carbonyl (C=O) groups excluding carboxylic acids is 2. The summed E-state index contributed by atoms with van der Waals surface area (Å²) in [4.78, 5) is 27.6. The summed E-state index contributed by atoms with van der Waals surface area (Å²) in [6.45, 7) is 3.24. The first-order valence-corrected chi connectivity index (χ1v) is 6.93. The number of Topliss-reactive ketones (excluding diaryl/α,β-unsaturated/α-hetero) is 1. The average Bonchev–Trinajstić information content (AvgIpc) is 3.12. The minimum atomic E-state index is -0.874. The van der Waals surface area contributed by atoms with E-state index in [1.54, 1.807) is 20.0 Å². The molecule has 0 aliphatic carbocycles. The van der Waals surface area contributed by atoms with Crippen LogP contribution in [-0.2, 0) is 4.74 Å². The van der Waals surface area contributed by atoms with Gasteiger partial charge in [-0.05, 0) is 26.0 Å². The number of aromatic nitrogens is 1. The van der Waals surface area contributed by atoms with Crippen LogP contribution in [-0.4, -0.2) is 22.8 Å². The maximum Gasteiger partial charge on any atom is 0.342 e. The second-order valence-corrected chi connectivity index (χ2v) is 5.05. The van der Waals surface area contributed by atoms with Crippen molar-refractivity contribution in [3.8, 4) is 0 Å². The van der Waals surface area contributed by atoms with E-state index in [0.29, 0.717) is 16.9 Å². The zero-order chi connectivity index (χ0) is 15.7. The van der Waals surface area contributed by atoms with Crippen molar-refractivity contribution in [1.82, 2.24) is 4.98 Å². The Bertz CT molecular complexity index is 843. The first kappa shape index (κ1) is 14.1. The van der Waals surface area contributed by atoms with Gasteiger partial charge in [0, 0.05) is 22.7 Å². The fourth-order valence-corrected chi connectivity index (χ4v) is 2.37. The first-order chi connectivity index (χ1) is 10.6. The highest BCUT2D eigenvalue weighted by molar-refractivity contribution is 6.10. The topological polar surface area (TPSA) is 72.3 Å². The van der Waals surface area contributed by atoms with Gasteiger partial charge in [0.1, 0.15) is 11.3 Å². The number of H-pyrrole nitrogens is 1. The van der Waals surface area contributed by atoms with Crippen LogP contribution in [0, 0.1) is 6.92 Å². The highest BCUT2D eigenvalue weighted by Crippen LogP contribution is 2.20. The third-order valence-corrected chi connectivity index (χ3v) is 3.59. The number of para-hydroxylation sites is 1. The Hall–Kier alpha value is -2.82. The van der Waals surface area contributed by atoms with Gasteiger partial charge in [-0.25, -0.2) is 4.79 Å². The van der Waals surface area contributed by atoms with E-state index < -0.39 is 12.1 Å². The van der Waals surface area contributed by atoms with Crippen LogP contribution in [0.1, 0.15) is 33.4 Å². The van der Waals surface area contributed by atoms with Gasteiger partial charge in [0.25, 0.3) is 0 Å². The van der Waals surface area contributed by atoms with E-state index >= 15 is 0 Å². The number of rotatable bonds is 4. The van der Waals surface area contributed by atoms with Crippen molar-refractivity contribution in [2.75, 3.05) is 0 Å². The summed E-state index contributed by atoms with van der Waals surface area (Å²) in [6, 6.07) is 9.02. The van der Waals surface area contributed by atoms with E-state index in [1.807, 2.05) is 24.3 Å². The molecular formula is C17H15NO4. The Kier molecular flexibility index (Phi) is 3.55. The van der Waals surface area contributed by atoms with Gasteiger partial charge in [-0.2, -0.15) is 0 Å². The summed E-state index contributed by atoms with van der Waals surface area (Å²) in [5, 5.41) is 0.815. The van der Waals surface area contributed by atoms with Gasteiger partial charge in [-0.1, -0.05) is 18.2 Å². The van der Waals surface area contributed by atoms with Crippen molar-refractivity contribution in [2.24, 2.45) is 0 Å². The molecule has 0 saturated carbocycles. The molecule has 0 fully saturated rings. The van der Waals surface area contributed by atoms with E-state index in [4.69, 9.17) is 9.15 Å². The predicted octanol–water partition coefficient (Wildman–Crippen LogP) is 3.50. The van der Waals surface area contributed by atoms with Crippen molar-refractivity contribution < 1.29 is 18.7 Å². The van der Waals surface area contributed by atoms with Crippen molar-refractivity contribution in [2.45, 2.75) is 20.0 Å². The second-order valence-electron chi connectivity index (χ2n) is 5.05. The number of benzene rings is 1. The fourth-order valence-electron chi connectivity index (χ4n) is 2.37. The van der Waals surface area contributed by atoms with Crippen molar-refractivity contribution in [1.29, 1.82) is 0 Å². The summed E-state index contributed by atoms with van der Waals surface area (Å²) in [6.07, 6.45) is 2.18. The van der Waals surface area contributed by atoms with Gasteiger partial charge in [0.05, 0.1) is 6.26 Å². The zero-order valence-corrected chi connectivity index (χ0v) is 12.3. The van der Waals surface area contributed by atoms with Crippen LogP contribution in [0.25, 0.3) is 10.9 Å². The largest absolute Gasteiger partial charge is 0.469 e. The van der Waals surface area contributed by atoms with Crippen LogP contribution in [0.3, 0.4) is 0 Å². The first-order valence-electron chi connectivity index (χ1n) is 6.93. The Labute approximate surface area is 126 Å². The number of ketones is 1. The summed E-state index contributed by atoms with van der Waals surface area (Å²) in [5.41, 5.74) is 1.72. The normalized spacial score (nSPS) is 12.3. The Morgan fingerprint density at radius 2 is 1.95 bits per heavy atom. The lowest BCUT2D eigenvalue weighted by molar-refractivity contribution is 0.0317. The number of ether oxygens (including phenoxy) is 1. The number of hydrogen-bond donors (Lipinski definition) is 1. The van der Waals surface area contributed by atoms with E-state index in [2.05, 4.69) is 4.98 Å². The molecular weight excluding hydrogens is 282 g/mol. The van der Waals surface area contributed by atoms with E-state index in [9.17, 15) is 9.59 Å². The molecule has 1 aromatic carbocycles. The molecule has 3 aromatic rings. The van der Waals surface area contributed by atoms with Crippen molar-refractivity contribution in [3.63, 3.8) is 0 Å². The van der Waals surface area contributed by atoms with Crippen LogP contribution < -0.4 is 0 Å². The highest BCUT2D eigenvalue weighted by Gasteiger charge is 2.24. The second kappa shape index (κ2) is 5.52. The Morgan fingerprint density at radius 1 is 1.18 bits per heavy atom. The lowest BCUT2D eigenvalue weighted by Crippen LogP contribution is -2.24. The maximum atomic E-state index is 12.5. The summed E-state index contributed by atoms with van der Waals surface area (Å²) < 4.78 is 10.3. The van der Waals surface area contributed by atoms with Gasteiger partial charge >= 0.3 is 5.97 Å². The number of fused-ring (bicyclic) bond motifs is 1. The molecule has 112 valence electrons. The molecule has 0 radical (unpaired) electrons. The maximum absolute atomic E-state index is 12.5. The molecule has 1 atom stereocenters. The van der Waals surface area contributed by atoms with Gasteiger partial charge < -0.3 is 14.1 Å². The molecule has 5 nitrogen and oxygen atoms in total. The minimum absolute atomic E-state index is 0.244. The monoisotopic (exact) mass is 297 g/mol. The summed E-state index contributed by atoms with van der Waals surface area (Å²) in [5.74, 6) is -0.337. The molecule has 0 aliphatic heterocycles. The van der Waals surface area contributed by atoms with E-state index in [1.165, 1.54) is 12.3 Å². The van der Waals surface area contributed by atoms with Crippen LogP contribution in [0.4, 0.5) is 0 Å². The molecule has 22 heavy (non-hydrogen) atoms. The standard InChI is InChI=1S/C17H15NO4/c1-10-12(7-8-21-10)17(20)22-11(2)16(19)14-9-18-15-6-4-3-5-13(14)15/h3-9,11,18H,1-2H3/t11-/m1/s1. The summed E-state index contributed by atoms with van der Waals surface area (Å²) >= 11 is 0. The Morgan fingerprint density at radius 3 is 2.68 bits per heavy atom. The zero-order valence-electron chi connectivity index (χ0n) is 12.3. The molecule has 5 heteroatoms. The van der Waals surface area contributed by atoms with Gasteiger partial charge in [-0.15, -0.1) is 0 Å². The smallest absolute Gasteiger partial charge is 0.342 e. The molecule has 2 heterocycles. The van der Waals surface area contributed by atoms with Crippen molar-refractivity contribution in [3.05, 3.63) is 59.7 Å². The summed E-state index contributed by atoms with van der Waals surface area (Å²) in [7, 11) is 0. The molecule has 0 unspecified atom stereocenters. The van der Waals surface area contributed by atoms with Crippen LogP contribution in [0.2, 0.25) is 0 Å². The lowest BCUT2D eigenvalue weighted by Gasteiger charge is -2.11.